The van der Waals surface area contributed by atoms with E-state index in [-0.39, 0.29) is 11.9 Å². The molecule has 2 aromatic rings. The molecule has 6 heteroatoms. The molecule has 2 N–H and O–H groups in total. The largest absolute Gasteiger partial charge is 0.368 e. The molecular formula is C14H18N4OS. The molecule has 1 aliphatic rings. The van der Waals surface area contributed by atoms with Gasteiger partial charge in [-0.15, -0.1) is 0 Å². The van der Waals surface area contributed by atoms with Gasteiger partial charge < -0.3 is 10.6 Å². The number of hydrogen-bond acceptors (Lipinski definition) is 5. The van der Waals surface area contributed by atoms with Crippen LogP contribution < -0.4 is 10.6 Å². The lowest BCUT2D eigenvalue weighted by Crippen LogP contribution is -2.53. The number of carbonyl (C=O) groups is 1. The van der Waals surface area contributed by atoms with Crippen molar-refractivity contribution in [2.24, 2.45) is 5.73 Å². The molecule has 1 atom stereocenters. The zero-order valence-electron chi connectivity index (χ0n) is 11.5. The standard InChI is InChI=1S/C14H18N4OS/c1-10(13(15)19)17-6-8-18(9-7-17)14-16-11-4-2-3-5-12(11)20-14/h2-5,10H,6-9H2,1H3,(H2,15,19)/t10-/m0/s1. The maximum Gasteiger partial charge on any atom is 0.234 e. The van der Waals surface area contributed by atoms with Crippen molar-refractivity contribution in [1.29, 1.82) is 0 Å². The van der Waals surface area contributed by atoms with E-state index >= 15 is 0 Å². The van der Waals surface area contributed by atoms with Gasteiger partial charge in [-0.05, 0) is 19.1 Å². The molecule has 3 rings (SSSR count). The first-order chi connectivity index (χ1) is 9.65. The molecule has 1 saturated heterocycles. The van der Waals surface area contributed by atoms with Crippen molar-refractivity contribution in [3.63, 3.8) is 0 Å². The van der Waals surface area contributed by atoms with Crippen LogP contribution in [0.2, 0.25) is 0 Å². The minimum atomic E-state index is -0.251. The Morgan fingerprint density at radius 3 is 2.65 bits per heavy atom. The van der Waals surface area contributed by atoms with E-state index in [1.807, 2.05) is 25.1 Å². The highest BCUT2D eigenvalue weighted by molar-refractivity contribution is 7.22. The molecule has 1 aliphatic heterocycles. The maximum absolute atomic E-state index is 11.2. The predicted octanol–water partition coefficient (Wildman–Crippen LogP) is 1.29. The van der Waals surface area contributed by atoms with Crippen molar-refractivity contribution in [3.8, 4) is 0 Å². The molecular weight excluding hydrogens is 272 g/mol. The Morgan fingerprint density at radius 1 is 1.30 bits per heavy atom. The quantitative estimate of drug-likeness (QED) is 0.925. The number of para-hydroxylation sites is 1. The number of benzene rings is 1. The third-order valence-electron chi connectivity index (χ3n) is 3.83. The fourth-order valence-corrected chi connectivity index (χ4v) is 3.49. The van der Waals surface area contributed by atoms with Crippen LogP contribution in [0.5, 0.6) is 0 Å². The van der Waals surface area contributed by atoms with Gasteiger partial charge >= 0.3 is 0 Å². The first-order valence-electron chi connectivity index (χ1n) is 6.79. The molecule has 1 amide bonds. The molecule has 1 aromatic carbocycles. The van der Waals surface area contributed by atoms with Gasteiger partial charge in [-0.3, -0.25) is 9.69 Å². The Bertz CT molecular complexity index is 585. The van der Waals surface area contributed by atoms with Crippen LogP contribution in [0.4, 0.5) is 5.13 Å². The van der Waals surface area contributed by atoms with Gasteiger partial charge in [-0.2, -0.15) is 0 Å². The van der Waals surface area contributed by atoms with Gasteiger partial charge in [0.05, 0.1) is 16.3 Å². The van der Waals surface area contributed by atoms with E-state index in [0.717, 1.165) is 36.8 Å². The normalized spacial score (nSPS) is 18.4. The molecule has 0 bridgehead atoms. The van der Waals surface area contributed by atoms with Crippen molar-refractivity contribution >= 4 is 32.6 Å². The Labute approximate surface area is 122 Å². The smallest absolute Gasteiger partial charge is 0.234 e. The number of hydrogen-bond donors (Lipinski definition) is 1. The topological polar surface area (TPSA) is 62.5 Å². The zero-order valence-corrected chi connectivity index (χ0v) is 12.3. The summed E-state index contributed by atoms with van der Waals surface area (Å²) in [6, 6.07) is 8.00. The number of anilines is 1. The molecule has 20 heavy (non-hydrogen) atoms. The summed E-state index contributed by atoms with van der Waals surface area (Å²) in [5.41, 5.74) is 6.42. The first-order valence-corrected chi connectivity index (χ1v) is 7.60. The number of nitrogens with two attached hydrogens (primary N) is 1. The number of piperazine rings is 1. The summed E-state index contributed by atoms with van der Waals surface area (Å²) in [6.07, 6.45) is 0. The van der Waals surface area contributed by atoms with Gasteiger partial charge in [0.15, 0.2) is 5.13 Å². The summed E-state index contributed by atoms with van der Waals surface area (Å²) in [5.74, 6) is -0.251. The Hall–Kier alpha value is -1.66. The SMILES string of the molecule is C[C@@H](C(N)=O)N1CCN(c2nc3ccccc3s2)CC1. The number of carbonyl (C=O) groups excluding carboxylic acids is 1. The lowest BCUT2D eigenvalue weighted by molar-refractivity contribution is -0.122. The van der Waals surface area contributed by atoms with E-state index in [1.165, 1.54) is 4.70 Å². The zero-order chi connectivity index (χ0) is 14.1. The van der Waals surface area contributed by atoms with Crippen molar-refractivity contribution in [3.05, 3.63) is 24.3 Å². The summed E-state index contributed by atoms with van der Waals surface area (Å²) in [7, 11) is 0. The number of primary amides is 1. The Kier molecular flexibility index (Phi) is 3.58. The molecule has 0 radical (unpaired) electrons. The average molecular weight is 290 g/mol. The number of aromatic nitrogens is 1. The lowest BCUT2D eigenvalue weighted by atomic mass is 10.2. The van der Waals surface area contributed by atoms with Crippen molar-refractivity contribution < 1.29 is 4.79 Å². The third kappa shape index (κ3) is 2.48. The van der Waals surface area contributed by atoms with Gasteiger partial charge in [0.25, 0.3) is 0 Å². The van der Waals surface area contributed by atoms with Crippen molar-refractivity contribution in [2.75, 3.05) is 31.1 Å². The number of rotatable bonds is 3. The minimum absolute atomic E-state index is 0.187. The summed E-state index contributed by atoms with van der Waals surface area (Å²) in [6.45, 7) is 5.34. The van der Waals surface area contributed by atoms with Gasteiger partial charge in [0, 0.05) is 26.2 Å². The maximum atomic E-state index is 11.2. The van der Waals surface area contributed by atoms with E-state index in [1.54, 1.807) is 11.3 Å². The fourth-order valence-electron chi connectivity index (χ4n) is 2.48. The molecule has 5 nitrogen and oxygen atoms in total. The Balaban J connectivity index is 1.70. The second-order valence-corrected chi connectivity index (χ2v) is 6.07. The van der Waals surface area contributed by atoms with Crippen LogP contribution in [0.15, 0.2) is 24.3 Å². The summed E-state index contributed by atoms with van der Waals surface area (Å²) < 4.78 is 1.22. The number of thiazole rings is 1. The number of fused-ring (bicyclic) bond motifs is 1. The van der Waals surface area contributed by atoms with E-state index in [9.17, 15) is 4.79 Å². The molecule has 0 saturated carbocycles. The monoisotopic (exact) mass is 290 g/mol. The first kappa shape index (κ1) is 13.3. The van der Waals surface area contributed by atoms with Gasteiger partial charge in [-0.1, -0.05) is 23.5 Å². The highest BCUT2D eigenvalue weighted by atomic mass is 32.1. The number of nitrogens with zero attached hydrogens (tertiary/aromatic N) is 3. The van der Waals surface area contributed by atoms with Crippen molar-refractivity contribution in [1.82, 2.24) is 9.88 Å². The van der Waals surface area contributed by atoms with Crippen LogP contribution >= 0.6 is 11.3 Å². The van der Waals surface area contributed by atoms with Crippen LogP contribution in [0.25, 0.3) is 10.2 Å². The van der Waals surface area contributed by atoms with Crippen molar-refractivity contribution in [2.45, 2.75) is 13.0 Å². The fraction of sp³-hybridized carbons (Fsp3) is 0.429. The molecule has 2 heterocycles. The molecule has 0 unspecified atom stereocenters. The summed E-state index contributed by atoms with van der Waals surface area (Å²) in [5, 5.41) is 1.07. The molecule has 0 aliphatic carbocycles. The van der Waals surface area contributed by atoms with E-state index in [4.69, 9.17) is 5.73 Å². The minimum Gasteiger partial charge on any atom is -0.368 e. The highest BCUT2D eigenvalue weighted by Crippen LogP contribution is 2.29. The van der Waals surface area contributed by atoms with Crippen LogP contribution in [0.1, 0.15) is 6.92 Å². The van der Waals surface area contributed by atoms with Crippen LogP contribution in [0, 0.1) is 0 Å². The molecule has 106 valence electrons. The predicted molar refractivity (Wildman–Crippen MR) is 82.1 cm³/mol. The van der Waals surface area contributed by atoms with Gasteiger partial charge in [0.2, 0.25) is 5.91 Å². The highest BCUT2D eigenvalue weighted by Gasteiger charge is 2.25. The second kappa shape index (κ2) is 5.38. The van der Waals surface area contributed by atoms with E-state index in [0.29, 0.717) is 0 Å². The van der Waals surface area contributed by atoms with Gasteiger partial charge in [0.1, 0.15) is 0 Å². The van der Waals surface area contributed by atoms with Crippen LogP contribution in [-0.2, 0) is 4.79 Å². The van der Waals surface area contributed by atoms with E-state index in [2.05, 4.69) is 20.9 Å². The third-order valence-corrected chi connectivity index (χ3v) is 4.92. The molecule has 1 aromatic heterocycles. The van der Waals surface area contributed by atoms with Crippen LogP contribution in [-0.4, -0.2) is 48.0 Å². The Morgan fingerprint density at radius 2 is 2.00 bits per heavy atom. The van der Waals surface area contributed by atoms with Gasteiger partial charge in [-0.25, -0.2) is 4.98 Å². The second-order valence-electron chi connectivity index (χ2n) is 5.07. The molecule has 0 spiro atoms. The number of amides is 1. The van der Waals surface area contributed by atoms with E-state index < -0.39 is 0 Å². The lowest BCUT2D eigenvalue weighted by Gasteiger charge is -2.36. The van der Waals surface area contributed by atoms with Crippen LogP contribution in [0.3, 0.4) is 0 Å². The summed E-state index contributed by atoms with van der Waals surface area (Å²) >= 11 is 1.72. The average Bonchev–Trinajstić information content (AvgIpc) is 2.90. The summed E-state index contributed by atoms with van der Waals surface area (Å²) in [4.78, 5) is 20.3. The molecule has 1 fully saturated rings.